The van der Waals surface area contributed by atoms with Crippen LogP contribution in [0, 0.1) is 0 Å². The third kappa shape index (κ3) is 7.20. The minimum Gasteiger partial charge on any atom is -0.339 e. The van der Waals surface area contributed by atoms with Crippen LogP contribution in [-0.4, -0.2) is 69.0 Å². The molecule has 0 bridgehead atoms. The lowest BCUT2D eigenvalue weighted by molar-refractivity contribution is -0.111. The molecule has 188 valence electrons. The van der Waals surface area contributed by atoms with E-state index in [1.165, 1.54) is 17.2 Å². The monoisotopic (exact) mass is 508 g/mol. The fourth-order valence-corrected chi connectivity index (χ4v) is 3.61. The van der Waals surface area contributed by atoms with Gasteiger partial charge < -0.3 is 20.4 Å². The molecule has 3 aromatic rings. The Bertz CT molecular complexity index is 1370. The first-order chi connectivity index (χ1) is 17.0. The minimum atomic E-state index is -3.73. The van der Waals surface area contributed by atoms with Crippen molar-refractivity contribution in [3.63, 3.8) is 0 Å². The second-order valence-corrected chi connectivity index (χ2v) is 10.2. The van der Waals surface area contributed by atoms with Gasteiger partial charge in [0.1, 0.15) is 11.4 Å². The van der Waals surface area contributed by atoms with E-state index in [1.807, 2.05) is 25.1 Å². The summed E-state index contributed by atoms with van der Waals surface area (Å²) in [6, 6.07) is 15.8. The maximum absolute atomic E-state index is 13.3. The molecule has 0 spiro atoms. The molecule has 36 heavy (non-hydrogen) atoms. The van der Waals surface area contributed by atoms with Crippen LogP contribution in [0.1, 0.15) is 10.4 Å². The zero-order valence-electron chi connectivity index (χ0n) is 20.5. The van der Waals surface area contributed by atoms with Crippen molar-refractivity contribution in [3.8, 4) is 0 Å². The van der Waals surface area contributed by atoms with Crippen molar-refractivity contribution in [3.05, 3.63) is 78.5 Å². The van der Waals surface area contributed by atoms with Gasteiger partial charge in [0.25, 0.3) is 5.91 Å². The van der Waals surface area contributed by atoms with E-state index < -0.39 is 20.9 Å². The average Bonchev–Trinajstić information content (AvgIpc) is 2.83. The molecule has 0 atom stereocenters. The topological polar surface area (TPSA) is 125 Å². The number of rotatable bonds is 9. The number of aromatic nitrogens is 2. The number of benzene rings is 2. The first kappa shape index (κ1) is 26.5. The summed E-state index contributed by atoms with van der Waals surface area (Å²) in [6.45, 7) is 0.625. The van der Waals surface area contributed by atoms with E-state index in [0.29, 0.717) is 23.6 Å². The van der Waals surface area contributed by atoms with Gasteiger partial charge in [0, 0.05) is 49.2 Å². The quantitative estimate of drug-likeness (QED) is 0.334. The van der Waals surface area contributed by atoms with Crippen LogP contribution in [0.5, 0.6) is 0 Å². The second kappa shape index (κ2) is 11.6. The molecule has 10 nitrogen and oxygen atoms in total. The first-order valence-corrected chi connectivity index (χ1v) is 12.8. The molecule has 1 aromatic heterocycles. The van der Waals surface area contributed by atoms with Crippen molar-refractivity contribution in [2.24, 2.45) is 0 Å². The van der Waals surface area contributed by atoms with E-state index in [9.17, 15) is 18.0 Å². The Morgan fingerprint density at radius 1 is 1.00 bits per heavy atom. The van der Waals surface area contributed by atoms with Crippen LogP contribution in [-0.2, 0) is 14.6 Å². The Hall–Kier alpha value is -4.09. The average molecular weight is 509 g/mol. The van der Waals surface area contributed by atoms with Crippen LogP contribution < -0.4 is 15.5 Å². The number of hydrogen-bond donors (Lipinski definition) is 2. The maximum Gasteiger partial charge on any atom is 0.263 e. The zero-order chi connectivity index (χ0) is 26.3. The summed E-state index contributed by atoms with van der Waals surface area (Å²) < 4.78 is 24.1. The van der Waals surface area contributed by atoms with Crippen molar-refractivity contribution in [1.29, 1.82) is 0 Å². The lowest BCUT2D eigenvalue weighted by Gasteiger charge is -2.19. The summed E-state index contributed by atoms with van der Waals surface area (Å²) in [5.41, 5.74) is 1.72. The highest BCUT2D eigenvalue weighted by atomic mass is 32.2. The Morgan fingerprint density at radius 3 is 2.36 bits per heavy atom. The predicted molar refractivity (Wildman–Crippen MR) is 140 cm³/mol. The molecule has 0 aliphatic rings. The standard InChI is InChI=1S/C25H28N6O4S/c1-30(2)15-9-14-22(32)27-18-10-8-11-19(16-18)28-23-21(17-26-25(29-23)36(4,34)35)24(33)31(3)20-12-6-5-7-13-20/h5-14,16-17H,15H2,1-4H3,(H,27,32)(H,26,28,29). The molecule has 0 saturated carbocycles. The summed E-state index contributed by atoms with van der Waals surface area (Å²) in [5.74, 6) is -0.706. The van der Waals surface area contributed by atoms with Crippen molar-refractivity contribution >= 4 is 44.5 Å². The zero-order valence-corrected chi connectivity index (χ0v) is 21.3. The highest BCUT2D eigenvalue weighted by Gasteiger charge is 2.22. The first-order valence-electron chi connectivity index (χ1n) is 10.9. The molecule has 0 saturated heterocycles. The summed E-state index contributed by atoms with van der Waals surface area (Å²) in [5, 5.41) is 5.35. The minimum absolute atomic E-state index is 0.0209. The fraction of sp³-hybridized carbons (Fsp3) is 0.200. The van der Waals surface area contributed by atoms with E-state index in [4.69, 9.17) is 0 Å². The number of carbonyl (C=O) groups excluding carboxylic acids is 2. The van der Waals surface area contributed by atoms with Crippen LogP contribution in [0.4, 0.5) is 22.9 Å². The number of anilines is 4. The maximum atomic E-state index is 13.3. The Balaban J connectivity index is 1.90. The van der Waals surface area contributed by atoms with Gasteiger partial charge in [0.2, 0.25) is 20.9 Å². The fourth-order valence-electron chi connectivity index (χ4n) is 3.11. The van der Waals surface area contributed by atoms with Crippen molar-refractivity contribution in [2.45, 2.75) is 5.16 Å². The molecule has 3 rings (SSSR count). The van der Waals surface area contributed by atoms with Crippen LogP contribution in [0.3, 0.4) is 0 Å². The van der Waals surface area contributed by atoms with E-state index in [2.05, 4.69) is 20.6 Å². The molecule has 2 aromatic carbocycles. The van der Waals surface area contributed by atoms with Gasteiger partial charge in [-0.15, -0.1) is 0 Å². The Kier molecular flexibility index (Phi) is 8.51. The van der Waals surface area contributed by atoms with Crippen molar-refractivity contribution in [1.82, 2.24) is 14.9 Å². The molecule has 0 unspecified atom stereocenters. The SMILES string of the molecule is CN(C)CC=CC(=O)Nc1cccc(Nc2nc(S(C)(=O)=O)ncc2C(=O)N(C)c2ccccc2)c1. The van der Waals surface area contributed by atoms with Gasteiger partial charge >= 0.3 is 0 Å². The summed E-state index contributed by atoms with van der Waals surface area (Å²) >= 11 is 0. The van der Waals surface area contributed by atoms with E-state index >= 15 is 0 Å². The Labute approximate surface area is 210 Å². The molecule has 0 radical (unpaired) electrons. The molecular weight excluding hydrogens is 480 g/mol. The van der Waals surface area contributed by atoms with E-state index in [1.54, 1.807) is 61.7 Å². The number of para-hydroxylation sites is 1. The number of likely N-dealkylation sites (N-methyl/N-ethyl adjacent to an activating group) is 1. The summed E-state index contributed by atoms with van der Waals surface area (Å²) in [7, 11) is 1.67. The van der Waals surface area contributed by atoms with E-state index in [0.717, 1.165) is 6.26 Å². The van der Waals surface area contributed by atoms with Gasteiger partial charge in [-0.2, -0.15) is 4.98 Å². The number of amides is 2. The summed E-state index contributed by atoms with van der Waals surface area (Å²) in [6.07, 6.45) is 5.36. The summed E-state index contributed by atoms with van der Waals surface area (Å²) in [4.78, 5) is 36.8. The number of hydrogen-bond acceptors (Lipinski definition) is 8. The number of nitrogens with one attached hydrogen (secondary N) is 2. The normalized spacial score (nSPS) is 11.5. The largest absolute Gasteiger partial charge is 0.339 e. The van der Waals surface area contributed by atoms with Crippen molar-refractivity contribution in [2.75, 3.05) is 49.5 Å². The van der Waals surface area contributed by atoms with E-state index in [-0.39, 0.29) is 17.3 Å². The van der Waals surface area contributed by atoms with Crippen LogP contribution in [0.2, 0.25) is 0 Å². The van der Waals surface area contributed by atoms with Crippen molar-refractivity contribution < 1.29 is 18.0 Å². The molecule has 2 amide bonds. The number of sulfone groups is 1. The van der Waals surface area contributed by atoms with Gasteiger partial charge in [0.15, 0.2) is 0 Å². The third-order valence-corrected chi connectivity index (χ3v) is 5.77. The van der Waals surface area contributed by atoms with Crippen LogP contribution in [0.25, 0.3) is 0 Å². The molecule has 11 heteroatoms. The van der Waals surface area contributed by atoms with Gasteiger partial charge in [-0.25, -0.2) is 13.4 Å². The number of nitrogens with zero attached hydrogens (tertiary/aromatic N) is 4. The lowest BCUT2D eigenvalue weighted by atomic mass is 10.2. The molecular formula is C25H28N6O4S. The highest BCUT2D eigenvalue weighted by molar-refractivity contribution is 7.90. The van der Waals surface area contributed by atoms with Crippen LogP contribution >= 0.6 is 0 Å². The molecule has 0 aliphatic heterocycles. The highest BCUT2D eigenvalue weighted by Crippen LogP contribution is 2.25. The lowest BCUT2D eigenvalue weighted by Crippen LogP contribution is -2.27. The molecule has 2 N–H and O–H groups in total. The molecule has 0 aliphatic carbocycles. The predicted octanol–water partition coefficient (Wildman–Crippen LogP) is 2.96. The molecule has 1 heterocycles. The smallest absolute Gasteiger partial charge is 0.263 e. The second-order valence-electron chi connectivity index (χ2n) is 8.25. The van der Waals surface area contributed by atoms with Gasteiger partial charge in [-0.1, -0.05) is 30.3 Å². The molecule has 0 fully saturated rings. The van der Waals surface area contributed by atoms with Gasteiger partial charge in [-0.05, 0) is 44.4 Å². The number of carbonyl (C=O) groups is 2. The van der Waals surface area contributed by atoms with Crippen LogP contribution in [0.15, 0.2) is 78.1 Å². The van der Waals surface area contributed by atoms with Gasteiger partial charge in [0.05, 0.1) is 0 Å². The third-order valence-electron chi connectivity index (χ3n) is 4.91. The Morgan fingerprint density at radius 2 is 1.69 bits per heavy atom. The van der Waals surface area contributed by atoms with Gasteiger partial charge in [-0.3, -0.25) is 9.59 Å².